The van der Waals surface area contributed by atoms with E-state index in [1.807, 2.05) is 53.2 Å². The number of rotatable bonds is 7. The van der Waals surface area contributed by atoms with Gasteiger partial charge in [0.15, 0.2) is 88.6 Å². The largest absolute Gasteiger partial charge is 0.497 e. The average molecular weight is 904 g/mol. The lowest BCUT2D eigenvalue weighted by molar-refractivity contribution is -0.690. The van der Waals surface area contributed by atoms with Gasteiger partial charge in [0.2, 0.25) is 0 Å². The van der Waals surface area contributed by atoms with E-state index in [0.29, 0.717) is 12.2 Å². The first kappa shape index (κ1) is 46.3. The molecule has 0 amide bonds. The zero-order chi connectivity index (χ0) is 46.4. The van der Waals surface area contributed by atoms with Crippen LogP contribution in [0, 0.1) is 128 Å². The molecule has 3 nitrogen and oxygen atoms in total. The predicted octanol–water partition coefficient (Wildman–Crippen LogP) is 7.75. The number of benzene rings is 5. The van der Waals surface area contributed by atoms with E-state index < -0.39 is 144 Å². The number of hydrogen-bond acceptors (Lipinski definition) is 2. The van der Waals surface area contributed by atoms with Crippen LogP contribution in [0.1, 0.15) is 11.3 Å². The Hall–Kier alpha value is -6.80. The fourth-order valence-corrected chi connectivity index (χ4v) is 6.52. The van der Waals surface area contributed by atoms with E-state index in [2.05, 4.69) is 6.07 Å². The van der Waals surface area contributed by atoms with Crippen molar-refractivity contribution in [3.05, 3.63) is 176 Å². The van der Waals surface area contributed by atoms with Crippen molar-refractivity contribution in [2.45, 2.75) is 6.54 Å². The van der Waals surface area contributed by atoms with Crippen molar-refractivity contribution >= 4 is 28.0 Å². The lowest BCUT2D eigenvalue weighted by Gasteiger charge is -2.44. The molecule has 24 heteroatoms. The highest BCUT2D eigenvalue weighted by Crippen LogP contribution is 2.30. The molecule has 324 valence electrons. The second-order valence-electron chi connectivity index (χ2n) is 12.5. The van der Waals surface area contributed by atoms with Crippen molar-refractivity contribution in [3.8, 4) is 11.8 Å². The molecule has 0 fully saturated rings. The summed E-state index contributed by atoms with van der Waals surface area (Å²) in [7, 11) is 1.65. The number of hydrogen-bond donors (Lipinski definition) is 0. The second kappa shape index (κ2) is 17.3. The smallest absolute Gasteiger partial charge is 0.283 e. The molecule has 6 rings (SSSR count). The van der Waals surface area contributed by atoms with E-state index in [1.165, 1.54) is 0 Å². The van der Waals surface area contributed by atoms with Gasteiger partial charge in [0, 0.05) is 17.7 Å². The van der Waals surface area contributed by atoms with Gasteiger partial charge in [0.05, 0.1) is 7.11 Å². The van der Waals surface area contributed by atoms with Crippen molar-refractivity contribution in [1.82, 2.24) is 0 Å². The van der Waals surface area contributed by atoms with Crippen LogP contribution in [0.2, 0.25) is 0 Å². The first-order valence-corrected chi connectivity index (χ1v) is 16.3. The van der Waals surface area contributed by atoms with E-state index in [9.17, 15) is 52.7 Å². The van der Waals surface area contributed by atoms with Crippen LogP contribution in [-0.4, -0.2) is 13.3 Å². The summed E-state index contributed by atoms with van der Waals surface area (Å²) in [6.45, 7) is 0.688. The molecule has 5 aromatic carbocycles. The summed E-state index contributed by atoms with van der Waals surface area (Å²) < 4.78 is 301. The van der Waals surface area contributed by atoms with Crippen LogP contribution in [0.25, 0.3) is 0 Å². The third-order valence-corrected chi connectivity index (χ3v) is 9.27. The van der Waals surface area contributed by atoms with Gasteiger partial charge in [-0.2, -0.15) is 9.83 Å². The number of methoxy groups -OCH3 is 1. The normalized spacial score (nSPS) is 11.4. The highest BCUT2D eigenvalue weighted by atomic mass is 19.2. The average Bonchev–Trinajstić information content (AvgIpc) is 3.26. The summed E-state index contributed by atoms with van der Waals surface area (Å²) in [6.07, 6.45) is -5.31. The molecular formula is C38H13BF20N2O. The molecule has 62 heavy (non-hydrogen) atoms. The Bertz CT molecular complexity index is 2450. The van der Waals surface area contributed by atoms with E-state index in [1.54, 1.807) is 7.11 Å². The van der Waals surface area contributed by atoms with Crippen LogP contribution in [0.3, 0.4) is 0 Å². The van der Waals surface area contributed by atoms with Crippen molar-refractivity contribution in [1.29, 1.82) is 5.26 Å². The molecule has 0 N–H and O–H groups in total. The third-order valence-electron chi connectivity index (χ3n) is 9.27. The Morgan fingerprint density at radius 2 is 0.694 bits per heavy atom. The standard InChI is InChI=1S/C24BF20.C14H13N2O/c26-5-1(6(27)14(35)21(42)13(5)34)25(2-7(28)15(36)22(43)16(37)8(2)29,3-9(30)17(38)23(44)18(39)10(3)31)4-11(32)19(40)24(45)20(41)12(4)33;1-17-14-7-5-12(6-8-14)11-16-9-3-2-4-13(16)10-15/h;2-9H,11H2,1H3/q-1;+1. The molecule has 0 bridgehead atoms. The molecule has 0 aliphatic carbocycles. The minimum atomic E-state index is -7.22. The molecule has 0 atom stereocenters. The van der Waals surface area contributed by atoms with Crippen LogP contribution >= 0.6 is 0 Å². The lowest BCUT2D eigenvalue weighted by Crippen LogP contribution is -2.81. The zero-order valence-electron chi connectivity index (χ0n) is 29.8. The number of nitrogens with zero attached hydrogens (tertiary/aromatic N) is 2. The fraction of sp³-hybridized carbons (Fsp3) is 0.0526. The monoisotopic (exact) mass is 904 g/mol. The Kier molecular flexibility index (Phi) is 12.9. The van der Waals surface area contributed by atoms with Crippen molar-refractivity contribution < 1.29 is 97.1 Å². The van der Waals surface area contributed by atoms with Crippen molar-refractivity contribution in [2.24, 2.45) is 0 Å². The predicted molar refractivity (Wildman–Crippen MR) is 173 cm³/mol. The molecule has 0 aliphatic rings. The number of pyridine rings is 1. The summed E-state index contributed by atoms with van der Waals surface area (Å²) in [6, 6.07) is 15.6. The minimum absolute atomic E-state index is 0.656. The highest BCUT2D eigenvalue weighted by molar-refractivity contribution is 7.20. The Balaban J connectivity index is 0.000000355. The van der Waals surface area contributed by atoms with E-state index >= 15 is 35.1 Å². The van der Waals surface area contributed by atoms with Gasteiger partial charge in [-0.3, -0.25) is 0 Å². The van der Waals surface area contributed by atoms with Crippen LogP contribution in [0.15, 0.2) is 48.7 Å². The summed E-state index contributed by atoms with van der Waals surface area (Å²) in [5.41, 5.74) is -12.5. The first-order valence-electron chi connectivity index (χ1n) is 16.3. The number of nitriles is 1. The molecule has 0 radical (unpaired) electrons. The van der Waals surface area contributed by atoms with Gasteiger partial charge in [-0.1, -0.05) is 0 Å². The maximum Gasteiger partial charge on any atom is 0.283 e. The van der Waals surface area contributed by atoms with E-state index in [0.717, 1.165) is 11.3 Å². The molecule has 0 spiro atoms. The fourth-order valence-electron chi connectivity index (χ4n) is 6.52. The van der Waals surface area contributed by atoms with Crippen molar-refractivity contribution in [2.75, 3.05) is 7.11 Å². The third kappa shape index (κ3) is 7.17. The molecule has 6 aromatic rings. The molecule has 0 saturated heterocycles. The van der Waals surface area contributed by atoms with Gasteiger partial charge in [0.25, 0.3) is 5.69 Å². The summed E-state index contributed by atoms with van der Waals surface area (Å²) in [4.78, 5) is 0. The number of halogens is 20. The van der Waals surface area contributed by atoms with Gasteiger partial charge >= 0.3 is 0 Å². The molecule has 1 heterocycles. The quantitative estimate of drug-likeness (QED) is 0.0541. The molecule has 0 saturated carbocycles. The van der Waals surface area contributed by atoms with Crippen LogP contribution < -0.4 is 31.2 Å². The first-order chi connectivity index (χ1) is 29.0. The van der Waals surface area contributed by atoms with Gasteiger partial charge in [-0.15, -0.1) is 21.9 Å². The molecule has 0 aliphatic heterocycles. The number of ether oxygens (including phenoxy) is 1. The van der Waals surface area contributed by atoms with Gasteiger partial charge < -0.3 is 4.74 Å². The van der Waals surface area contributed by atoms with Crippen LogP contribution in [-0.2, 0) is 6.54 Å². The highest BCUT2D eigenvalue weighted by Gasteiger charge is 2.52. The Morgan fingerprint density at radius 1 is 0.419 bits per heavy atom. The summed E-state index contributed by atoms with van der Waals surface area (Å²) in [5, 5.41) is 8.99. The maximum absolute atomic E-state index is 15.4. The Morgan fingerprint density at radius 3 is 0.952 bits per heavy atom. The van der Waals surface area contributed by atoms with Gasteiger partial charge in [-0.25, -0.2) is 87.8 Å². The molecular weight excluding hydrogens is 891 g/mol. The van der Waals surface area contributed by atoms with Crippen LogP contribution in [0.4, 0.5) is 87.8 Å². The topological polar surface area (TPSA) is 36.9 Å². The Labute approximate surface area is 332 Å². The molecule has 1 aromatic heterocycles. The molecule has 0 unspecified atom stereocenters. The maximum atomic E-state index is 15.4. The van der Waals surface area contributed by atoms with E-state index in [4.69, 9.17) is 10.00 Å². The van der Waals surface area contributed by atoms with Crippen LogP contribution in [0.5, 0.6) is 5.75 Å². The zero-order valence-corrected chi connectivity index (χ0v) is 29.8. The second-order valence-corrected chi connectivity index (χ2v) is 12.5. The van der Waals surface area contributed by atoms with Gasteiger partial charge in [0.1, 0.15) is 58.4 Å². The SMILES string of the molecule is COc1ccc(C[n+]2ccccc2C#N)cc1.Fc1c(F)c(F)c([B-](c2c(F)c(F)c(F)c(F)c2F)(c2c(F)c(F)c(F)c(F)c2F)c2c(F)c(F)c(F)c(F)c2F)c(F)c1F. The minimum Gasteiger partial charge on any atom is -0.497 e. The number of aromatic nitrogens is 1. The summed E-state index contributed by atoms with van der Waals surface area (Å²) in [5.74, 6) is -70.6. The van der Waals surface area contributed by atoms with E-state index in [-0.39, 0.29) is 0 Å². The van der Waals surface area contributed by atoms with Crippen molar-refractivity contribution in [3.63, 3.8) is 0 Å². The lowest BCUT2D eigenvalue weighted by atomic mass is 9.12. The summed E-state index contributed by atoms with van der Waals surface area (Å²) >= 11 is 0. The van der Waals surface area contributed by atoms with Gasteiger partial charge in [-0.05, 0) is 30.3 Å².